The highest BCUT2D eigenvalue weighted by Gasteiger charge is 2.15. The summed E-state index contributed by atoms with van der Waals surface area (Å²) in [4.78, 5) is 18.0. The lowest BCUT2D eigenvalue weighted by atomic mass is 10.1. The van der Waals surface area contributed by atoms with Crippen molar-refractivity contribution in [2.24, 2.45) is 0 Å². The molecule has 5 heteroatoms. The van der Waals surface area contributed by atoms with Crippen molar-refractivity contribution in [1.29, 1.82) is 0 Å². The highest BCUT2D eigenvalue weighted by molar-refractivity contribution is 5.90. The van der Waals surface area contributed by atoms with Crippen molar-refractivity contribution in [1.82, 2.24) is 10.3 Å². The molecule has 1 aromatic heterocycles. The number of esters is 1. The first-order chi connectivity index (χ1) is 8.22. The lowest BCUT2D eigenvalue weighted by Crippen LogP contribution is -2.43. The Bertz CT molecular complexity index is 414. The molecule has 92 valence electrons. The van der Waals surface area contributed by atoms with E-state index >= 15 is 0 Å². The molecule has 1 aliphatic rings. The zero-order valence-corrected chi connectivity index (χ0v) is 10.2. The highest BCUT2D eigenvalue weighted by Crippen LogP contribution is 2.16. The Balaban J connectivity index is 2.20. The van der Waals surface area contributed by atoms with Crippen LogP contribution in [0.3, 0.4) is 0 Å². The van der Waals surface area contributed by atoms with Crippen LogP contribution in [0.15, 0.2) is 12.3 Å². The molecule has 0 aromatic carbocycles. The van der Waals surface area contributed by atoms with E-state index in [0.717, 1.165) is 37.6 Å². The van der Waals surface area contributed by atoms with E-state index < -0.39 is 0 Å². The average Bonchev–Trinajstić information content (AvgIpc) is 2.39. The van der Waals surface area contributed by atoms with Gasteiger partial charge in [0.05, 0.1) is 12.7 Å². The summed E-state index contributed by atoms with van der Waals surface area (Å²) < 4.78 is 4.70. The second-order valence-corrected chi connectivity index (χ2v) is 4.09. The number of pyridine rings is 1. The maximum absolute atomic E-state index is 11.4. The molecular weight excluding hydrogens is 218 g/mol. The Morgan fingerprint density at radius 1 is 1.47 bits per heavy atom. The largest absolute Gasteiger partial charge is 0.465 e. The van der Waals surface area contributed by atoms with Crippen LogP contribution < -0.4 is 10.2 Å². The van der Waals surface area contributed by atoms with Crippen molar-refractivity contribution < 1.29 is 9.53 Å². The van der Waals surface area contributed by atoms with E-state index in [2.05, 4.69) is 15.2 Å². The standard InChI is InChI=1S/C12H17N3O2/c1-9-7-11(15-5-3-13-4-6-15)14-8-10(9)12(16)17-2/h7-8,13H,3-6H2,1-2H3. The maximum atomic E-state index is 11.4. The number of rotatable bonds is 2. The third-order valence-corrected chi connectivity index (χ3v) is 2.94. The van der Waals surface area contributed by atoms with Crippen molar-refractivity contribution in [3.05, 3.63) is 23.4 Å². The molecule has 0 aliphatic carbocycles. The molecule has 5 nitrogen and oxygen atoms in total. The average molecular weight is 235 g/mol. The number of nitrogens with one attached hydrogen (secondary N) is 1. The molecule has 1 fully saturated rings. The molecule has 0 spiro atoms. The zero-order valence-electron chi connectivity index (χ0n) is 10.2. The molecule has 0 amide bonds. The first-order valence-corrected chi connectivity index (χ1v) is 5.73. The summed E-state index contributed by atoms with van der Waals surface area (Å²) in [5, 5.41) is 3.29. The number of ether oxygens (including phenoxy) is 1. The van der Waals surface area contributed by atoms with Gasteiger partial charge in [-0.25, -0.2) is 9.78 Å². The number of piperazine rings is 1. The van der Waals surface area contributed by atoms with Crippen LogP contribution in [0.5, 0.6) is 0 Å². The number of hydrogen-bond acceptors (Lipinski definition) is 5. The first kappa shape index (κ1) is 11.9. The number of hydrogen-bond donors (Lipinski definition) is 1. The number of aromatic nitrogens is 1. The molecule has 0 atom stereocenters. The number of methoxy groups -OCH3 is 1. The minimum Gasteiger partial charge on any atom is -0.465 e. The van der Waals surface area contributed by atoms with Crippen molar-refractivity contribution in [2.45, 2.75) is 6.92 Å². The maximum Gasteiger partial charge on any atom is 0.339 e. The first-order valence-electron chi connectivity index (χ1n) is 5.73. The van der Waals surface area contributed by atoms with Crippen LogP contribution in [0.2, 0.25) is 0 Å². The van der Waals surface area contributed by atoms with Gasteiger partial charge in [0.1, 0.15) is 5.82 Å². The lowest BCUT2D eigenvalue weighted by molar-refractivity contribution is 0.0599. The summed E-state index contributed by atoms with van der Waals surface area (Å²) in [6.07, 6.45) is 1.60. The second kappa shape index (κ2) is 5.14. The Morgan fingerprint density at radius 2 is 2.18 bits per heavy atom. The molecule has 0 bridgehead atoms. The third-order valence-electron chi connectivity index (χ3n) is 2.94. The van der Waals surface area contributed by atoms with Gasteiger partial charge in [-0.2, -0.15) is 0 Å². The summed E-state index contributed by atoms with van der Waals surface area (Å²) in [6, 6.07) is 1.94. The van der Waals surface area contributed by atoms with Crippen molar-refractivity contribution in [3.63, 3.8) is 0 Å². The third kappa shape index (κ3) is 2.55. The van der Waals surface area contributed by atoms with E-state index in [0.29, 0.717) is 5.56 Å². The van der Waals surface area contributed by atoms with E-state index in [4.69, 9.17) is 4.74 Å². The van der Waals surface area contributed by atoms with E-state index in [1.807, 2.05) is 13.0 Å². The molecule has 1 saturated heterocycles. The molecule has 17 heavy (non-hydrogen) atoms. The topological polar surface area (TPSA) is 54.5 Å². The predicted octanol–water partition coefficient (Wildman–Crippen LogP) is 0.586. The fraction of sp³-hybridized carbons (Fsp3) is 0.500. The van der Waals surface area contributed by atoms with Gasteiger partial charge in [-0.3, -0.25) is 0 Å². The molecule has 1 aliphatic heterocycles. The van der Waals surface area contributed by atoms with Crippen molar-refractivity contribution in [2.75, 3.05) is 38.2 Å². The van der Waals surface area contributed by atoms with Crippen LogP contribution in [0.25, 0.3) is 0 Å². The van der Waals surface area contributed by atoms with Gasteiger partial charge in [0, 0.05) is 32.4 Å². The zero-order chi connectivity index (χ0) is 12.3. The van der Waals surface area contributed by atoms with Crippen LogP contribution in [0.1, 0.15) is 15.9 Å². The number of aryl methyl sites for hydroxylation is 1. The molecule has 2 rings (SSSR count). The Morgan fingerprint density at radius 3 is 2.76 bits per heavy atom. The summed E-state index contributed by atoms with van der Waals surface area (Å²) >= 11 is 0. The van der Waals surface area contributed by atoms with Crippen molar-refractivity contribution >= 4 is 11.8 Å². The Labute approximate surface area is 101 Å². The van der Waals surface area contributed by atoms with Gasteiger partial charge in [0.15, 0.2) is 0 Å². The summed E-state index contributed by atoms with van der Waals surface area (Å²) in [5.74, 6) is 0.596. The molecule has 1 aromatic rings. The highest BCUT2D eigenvalue weighted by atomic mass is 16.5. The van der Waals surface area contributed by atoms with Gasteiger partial charge < -0.3 is 15.0 Å². The van der Waals surface area contributed by atoms with Gasteiger partial charge in [0.2, 0.25) is 0 Å². The minimum atomic E-state index is -0.332. The molecular formula is C12H17N3O2. The van der Waals surface area contributed by atoms with Crippen LogP contribution in [0, 0.1) is 6.92 Å². The van der Waals surface area contributed by atoms with Gasteiger partial charge in [0.25, 0.3) is 0 Å². The van der Waals surface area contributed by atoms with Crippen LogP contribution >= 0.6 is 0 Å². The number of carbonyl (C=O) groups is 1. The number of nitrogens with zero attached hydrogens (tertiary/aromatic N) is 2. The molecule has 0 radical (unpaired) electrons. The smallest absolute Gasteiger partial charge is 0.339 e. The van der Waals surface area contributed by atoms with Gasteiger partial charge in [-0.15, -0.1) is 0 Å². The van der Waals surface area contributed by atoms with Crippen LogP contribution in [-0.2, 0) is 4.74 Å². The predicted molar refractivity (Wildman–Crippen MR) is 65.4 cm³/mol. The van der Waals surface area contributed by atoms with Gasteiger partial charge in [-0.1, -0.05) is 0 Å². The monoisotopic (exact) mass is 235 g/mol. The lowest BCUT2D eigenvalue weighted by Gasteiger charge is -2.28. The molecule has 0 saturated carbocycles. The van der Waals surface area contributed by atoms with Crippen LogP contribution in [0.4, 0.5) is 5.82 Å². The Hall–Kier alpha value is -1.62. The normalized spacial score (nSPS) is 15.8. The van der Waals surface area contributed by atoms with E-state index in [1.54, 1.807) is 6.20 Å². The number of carbonyl (C=O) groups excluding carboxylic acids is 1. The molecule has 0 unspecified atom stereocenters. The molecule has 2 heterocycles. The Kier molecular flexibility index (Phi) is 3.58. The number of anilines is 1. The summed E-state index contributed by atoms with van der Waals surface area (Å²) in [6.45, 7) is 5.74. The molecule has 1 N–H and O–H groups in total. The quantitative estimate of drug-likeness (QED) is 0.760. The van der Waals surface area contributed by atoms with E-state index in [9.17, 15) is 4.79 Å². The second-order valence-electron chi connectivity index (χ2n) is 4.09. The van der Waals surface area contributed by atoms with Gasteiger partial charge in [-0.05, 0) is 18.6 Å². The SMILES string of the molecule is COC(=O)c1cnc(N2CCNCC2)cc1C. The minimum absolute atomic E-state index is 0.332. The van der Waals surface area contributed by atoms with E-state index in [-0.39, 0.29) is 5.97 Å². The van der Waals surface area contributed by atoms with Crippen molar-refractivity contribution in [3.8, 4) is 0 Å². The van der Waals surface area contributed by atoms with Crippen LogP contribution in [-0.4, -0.2) is 44.2 Å². The fourth-order valence-electron chi connectivity index (χ4n) is 1.93. The van der Waals surface area contributed by atoms with E-state index in [1.165, 1.54) is 7.11 Å². The summed E-state index contributed by atoms with van der Waals surface area (Å²) in [7, 11) is 1.38. The fourth-order valence-corrected chi connectivity index (χ4v) is 1.93. The van der Waals surface area contributed by atoms with Gasteiger partial charge >= 0.3 is 5.97 Å². The summed E-state index contributed by atoms with van der Waals surface area (Å²) in [5.41, 5.74) is 1.44.